The molecule has 0 spiro atoms. The molecule has 0 atom stereocenters. The summed E-state index contributed by atoms with van der Waals surface area (Å²) in [5.74, 6) is 0.737. The molecule has 1 aromatic carbocycles. The number of benzene rings is 1. The minimum absolute atomic E-state index is 0.730. The molecule has 84 valence electrons. The number of fused-ring (bicyclic) bond motifs is 1. The number of hydrogen-bond acceptors (Lipinski definition) is 2. The van der Waals surface area contributed by atoms with Crippen LogP contribution in [0.4, 0.5) is 0 Å². The van der Waals surface area contributed by atoms with Crippen LogP contribution in [0.5, 0.6) is 0 Å². The minimum Gasteiger partial charge on any atom is -0.432 e. The van der Waals surface area contributed by atoms with Crippen LogP contribution < -0.4 is 0 Å². The predicted molar refractivity (Wildman–Crippen MR) is 72.6 cm³/mol. The topological polar surface area (TPSA) is 26.0 Å². The molecule has 1 aromatic heterocycles. The molecule has 0 N–H and O–H groups in total. The summed E-state index contributed by atoms with van der Waals surface area (Å²) < 4.78 is 6.30. The van der Waals surface area contributed by atoms with Gasteiger partial charge in [-0.2, -0.15) is 0 Å². The molecule has 0 aliphatic heterocycles. The molecule has 1 aliphatic rings. The Kier molecular flexibility index (Phi) is 2.88. The highest BCUT2D eigenvalue weighted by molar-refractivity contribution is 14.1. The van der Waals surface area contributed by atoms with Crippen molar-refractivity contribution in [1.82, 2.24) is 4.98 Å². The normalized spacial score (nSPS) is 18.1. The van der Waals surface area contributed by atoms with Gasteiger partial charge in [-0.25, -0.2) is 4.98 Å². The maximum absolute atomic E-state index is 5.57. The Balaban J connectivity index is 1.97. The van der Waals surface area contributed by atoms with E-state index >= 15 is 0 Å². The molecular weight excluding hydrogens is 313 g/mol. The van der Waals surface area contributed by atoms with Crippen molar-refractivity contribution in [2.24, 2.45) is 0 Å². The van der Waals surface area contributed by atoms with Crippen molar-refractivity contribution in [1.29, 1.82) is 0 Å². The van der Waals surface area contributed by atoms with E-state index in [2.05, 4.69) is 45.8 Å². The first-order chi connectivity index (χ1) is 7.83. The van der Waals surface area contributed by atoms with Gasteiger partial charge in [0, 0.05) is 22.6 Å². The van der Waals surface area contributed by atoms with Gasteiger partial charge in [-0.05, 0) is 36.5 Å². The molecular formula is C13H14INO. The van der Waals surface area contributed by atoms with Crippen LogP contribution in [0.25, 0.3) is 11.1 Å². The zero-order chi connectivity index (χ0) is 11.0. The maximum Gasteiger partial charge on any atom is 0.258 e. The third kappa shape index (κ3) is 1.97. The monoisotopic (exact) mass is 327 g/mol. The summed E-state index contributed by atoms with van der Waals surface area (Å²) in [6.07, 6.45) is 6.81. The Morgan fingerprint density at radius 1 is 1.19 bits per heavy atom. The SMILES string of the molecule is Ic1nc2ccc(C3CCCCC3)cc2o1. The predicted octanol–water partition coefficient (Wildman–Crippen LogP) is 4.48. The van der Waals surface area contributed by atoms with Gasteiger partial charge in [-0.1, -0.05) is 25.3 Å². The second-order valence-corrected chi connectivity index (χ2v) is 5.45. The number of halogens is 1. The van der Waals surface area contributed by atoms with Crippen LogP contribution >= 0.6 is 22.6 Å². The van der Waals surface area contributed by atoms with E-state index in [4.69, 9.17) is 4.42 Å². The number of nitrogens with zero attached hydrogens (tertiary/aromatic N) is 1. The molecule has 2 aromatic rings. The summed E-state index contributed by atoms with van der Waals surface area (Å²) in [5, 5.41) is 0. The Morgan fingerprint density at radius 3 is 2.81 bits per heavy atom. The van der Waals surface area contributed by atoms with Gasteiger partial charge in [-0.15, -0.1) is 0 Å². The largest absolute Gasteiger partial charge is 0.432 e. The van der Waals surface area contributed by atoms with Crippen LogP contribution in [0.1, 0.15) is 43.6 Å². The van der Waals surface area contributed by atoms with Gasteiger partial charge >= 0.3 is 0 Å². The molecule has 3 heteroatoms. The van der Waals surface area contributed by atoms with Crippen molar-refractivity contribution in [3.8, 4) is 0 Å². The molecule has 1 heterocycles. The van der Waals surface area contributed by atoms with Crippen LogP contribution in [0, 0.1) is 3.90 Å². The van der Waals surface area contributed by atoms with Gasteiger partial charge in [0.15, 0.2) is 5.58 Å². The maximum atomic E-state index is 5.57. The van der Waals surface area contributed by atoms with Gasteiger partial charge < -0.3 is 4.42 Å². The van der Waals surface area contributed by atoms with E-state index in [1.807, 2.05) is 0 Å². The average Bonchev–Trinajstić information content (AvgIpc) is 2.69. The fraction of sp³-hybridized carbons (Fsp3) is 0.462. The third-order valence-corrected chi connectivity index (χ3v) is 3.92. The van der Waals surface area contributed by atoms with Gasteiger partial charge in [0.25, 0.3) is 3.90 Å². The van der Waals surface area contributed by atoms with E-state index in [1.54, 1.807) is 0 Å². The van der Waals surface area contributed by atoms with Crippen molar-refractivity contribution in [2.45, 2.75) is 38.0 Å². The zero-order valence-corrected chi connectivity index (χ0v) is 11.2. The summed E-state index contributed by atoms with van der Waals surface area (Å²) in [5.41, 5.74) is 3.34. The van der Waals surface area contributed by atoms with E-state index in [0.717, 1.165) is 20.9 Å². The molecule has 0 radical (unpaired) electrons. The first-order valence-corrected chi connectivity index (χ1v) is 6.97. The summed E-state index contributed by atoms with van der Waals surface area (Å²) >= 11 is 2.12. The smallest absolute Gasteiger partial charge is 0.258 e. The average molecular weight is 327 g/mol. The summed E-state index contributed by atoms with van der Waals surface area (Å²) in [6.45, 7) is 0. The lowest BCUT2D eigenvalue weighted by molar-refractivity contribution is 0.443. The summed E-state index contributed by atoms with van der Waals surface area (Å²) in [6, 6.07) is 6.49. The van der Waals surface area contributed by atoms with Gasteiger partial charge in [-0.3, -0.25) is 0 Å². The summed E-state index contributed by atoms with van der Waals surface area (Å²) in [7, 11) is 0. The van der Waals surface area contributed by atoms with Crippen LogP contribution in [0.2, 0.25) is 0 Å². The number of aromatic nitrogens is 1. The lowest BCUT2D eigenvalue weighted by atomic mass is 9.84. The molecule has 3 rings (SSSR count). The Bertz CT molecular complexity index is 500. The van der Waals surface area contributed by atoms with E-state index in [0.29, 0.717) is 0 Å². The van der Waals surface area contributed by atoms with Gasteiger partial charge in [0.2, 0.25) is 0 Å². The van der Waals surface area contributed by atoms with Crippen LogP contribution in [-0.2, 0) is 0 Å². The zero-order valence-electron chi connectivity index (χ0n) is 9.08. The minimum atomic E-state index is 0.730. The second-order valence-electron chi connectivity index (χ2n) is 4.53. The fourth-order valence-electron chi connectivity index (χ4n) is 2.60. The van der Waals surface area contributed by atoms with E-state index in [1.165, 1.54) is 37.7 Å². The molecule has 0 unspecified atom stereocenters. The third-order valence-electron chi connectivity index (χ3n) is 3.46. The van der Waals surface area contributed by atoms with Crippen molar-refractivity contribution in [2.75, 3.05) is 0 Å². The van der Waals surface area contributed by atoms with Crippen molar-refractivity contribution in [3.05, 3.63) is 27.7 Å². The fourth-order valence-corrected chi connectivity index (χ4v) is 3.10. The van der Waals surface area contributed by atoms with Gasteiger partial charge in [0.05, 0.1) is 0 Å². The van der Waals surface area contributed by atoms with Crippen molar-refractivity contribution < 1.29 is 4.42 Å². The highest BCUT2D eigenvalue weighted by Crippen LogP contribution is 2.34. The van der Waals surface area contributed by atoms with Crippen molar-refractivity contribution in [3.63, 3.8) is 0 Å². The molecule has 1 aliphatic carbocycles. The molecule has 16 heavy (non-hydrogen) atoms. The number of hydrogen-bond donors (Lipinski definition) is 0. The van der Waals surface area contributed by atoms with Crippen LogP contribution in [-0.4, -0.2) is 4.98 Å². The van der Waals surface area contributed by atoms with E-state index in [9.17, 15) is 0 Å². The van der Waals surface area contributed by atoms with Crippen molar-refractivity contribution >= 4 is 33.7 Å². The van der Waals surface area contributed by atoms with Crippen LogP contribution in [0.3, 0.4) is 0 Å². The second kappa shape index (κ2) is 4.35. The van der Waals surface area contributed by atoms with E-state index in [-0.39, 0.29) is 0 Å². The standard InChI is InChI=1S/C13H14INO/c14-13-15-11-7-6-10(8-12(11)16-13)9-4-2-1-3-5-9/h6-9H,1-5H2. The number of oxazole rings is 1. The Labute approximate surface area is 109 Å². The Morgan fingerprint density at radius 2 is 2.00 bits per heavy atom. The highest BCUT2D eigenvalue weighted by atomic mass is 127. The van der Waals surface area contributed by atoms with E-state index < -0.39 is 0 Å². The molecule has 0 amide bonds. The lowest BCUT2D eigenvalue weighted by Gasteiger charge is -2.21. The lowest BCUT2D eigenvalue weighted by Crippen LogP contribution is -2.03. The molecule has 1 fully saturated rings. The van der Waals surface area contributed by atoms with Crippen LogP contribution in [0.15, 0.2) is 22.6 Å². The first-order valence-electron chi connectivity index (χ1n) is 5.89. The quantitative estimate of drug-likeness (QED) is 0.722. The van der Waals surface area contributed by atoms with Gasteiger partial charge in [0.1, 0.15) is 5.52 Å². The molecule has 0 bridgehead atoms. The molecule has 1 saturated carbocycles. The summed E-state index contributed by atoms with van der Waals surface area (Å²) in [4.78, 5) is 4.32. The molecule has 2 nitrogen and oxygen atoms in total. The Hall–Kier alpha value is -0.580. The highest BCUT2D eigenvalue weighted by Gasteiger charge is 2.16. The molecule has 0 saturated heterocycles. The first kappa shape index (κ1) is 10.6. The number of rotatable bonds is 1.